The van der Waals surface area contributed by atoms with E-state index in [9.17, 15) is 0 Å². The van der Waals surface area contributed by atoms with Crippen molar-refractivity contribution in [1.82, 2.24) is 0 Å². The molecule has 11 rings (SSSR count). The van der Waals surface area contributed by atoms with Crippen LogP contribution in [0.15, 0.2) is 247 Å². The smallest absolute Gasteiger partial charge is 0.143 e. The molecule has 0 aliphatic heterocycles. The molecule has 11 aromatic rings. The van der Waals surface area contributed by atoms with Gasteiger partial charge in [0.2, 0.25) is 0 Å². The molecule has 2 aromatic heterocycles. The van der Waals surface area contributed by atoms with E-state index in [0.717, 1.165) is 117 Å². The molecule has 0 unspecified atom stereocenters. The van der Waals surface area contributed by atoms with Gasteiger partial charge in [0.25, 0.3) is 0 Å². The third-order valence-electron chi connectivity index (χ3n) is 14.3. The second kappa shape index (κ2) is 19.0. The van der Waals surface area contributed by atoms with Crippen molar-refractivity contribution in [2.75, 3.05) is 9.80 Å². The quantitative estimate of drug-likeness (QED) is 0.114. The molecule has 0 atom stereocenters. The summed E-state index contributed by atoms with van der Waals surface area (Å²) in [5, 5.41) is 4.08. The van der Waals surface area contributed by atoms with Crippen molar-refractivity contribution in [2.24, 2.45) is 0 Å². The Kier molecular flexibility index (Phi) is 12.2. The molecule has 0 bridgehead atoms. The Labute approximate surface area is 435 Å². The summed E-state index contributed by atoms with van der Waals surface area (Å²) < 4.78 is 14.3. The van der Waals surface area contributed by atoms with E-state index in [1.54, 1.807) is 0 Å². The Bertz CT molecular complexity index is 3850. The monoisotopic (exact) mass is 960 g/mol. The van der Waals surface area contributed by atoms with Gasteiger partial charge < -0.3 is 18.6 Å². The molecule has 0 saturated carbocycles. The molecule has 4 heteroatoms. The van der Waals surface area contributed by atoms with Gasteiger partial charge in [-0.2, -0.15) is 0 Å². The van der Waals surface area contributed by atoms with Crippen molar-refractivity contribution in [3.8, 4) is 44.9 Å². The number of rotatable bonds is 12. The maximum Gasteiger partial charge on any atom is 0.143 e. The minimum atomic E-state index is 0.0451. The highest BCUT2D eigenvalue weighted by atomic mass is 16.3. The molecule has 0 N–H and O–H groups in total. The molecule has 0 saturated heterocycles. The lowest BCUT2D eigenvalue weighted by Crippen LogP contribution is -2.13. The lowest BCUT2D eigenvalue weighted by atomic mass is 9.87. The van der Waals surface area contributed by atoms with Crippen LogP contribution in [-0.2, 0) is 10.8 Å². The summed E-state index contributed by atoms with van der Waals surface area (Å²) in [6.07, 6.45) is 3.71. The van der Waals surface area contributed by atoms with Gasteiger partial charge in [0.1, 0.15) is 22.7 Å². The summed E-state index contributed by atoms with van der Waals surface area (Å²) in [6.45, 7) is 26.5. The van der Waals surface area contributed by atoms with Crippen molar-refractivity contribution in [1.29, 1.82) is 0 Å². The number of nitrogens with zero attached hydrogens (tertiary/aromatic N) is 2. The lowest BCUT2D eigenvalue weighted by molar-refractivity contribution is 0.590. The van der Waals surface area contributed by atoms with Crippen LogP contribution in [-0.4, -0.2) is 0 Å². The highest BCUT2D eigenvalue weighted by molar-refractivity contribution is 6.26. The molecular formula is C70H60N2O2. The van der Waals surface area contributed by atoms with E-state index in [1.165, 1.54) is 11.1 Å². The van der Waals surface area contributed by atoms with E-state index in [1.807, 2.05) is 12.3 Å². The molecular weight excluding hydrogens is 901 g/mol. The van der Waals surface area contributed by atoms with E-state index in [0.29, 0.717) is 0 Å². The first kappa shape index (κ1) is 47.5. The van der Waals surface area contributed by atoms with E-state index in [4.69, 9.17) is 8.83 Å². The van der Waals surface area contributed by atoms with Gasteiger partial charge in [-0.15, -0.1) is 0 Å². The fraction of sp³-hybridized carbons (Fsp3) is 0.114. The number of hydrogen-bond acceptors (Lipinski definition) is 4. The second-order valence-electron chi connectivity index (χ2n) is 21.1. The topological polar surface area (TPSA) is 32.8 Å². The van der Waals surface area contributed by atoms with Crippen LogP contribution in [0, 0.1) is 0 Å². The minimum absolute atomic E-state index is 0.0451. The van der Waals surface area contributed by atoms with Crippen molar-refractivity contribution in [3.05, 3.63) is 255 Å². The van der Waals surface area contributed by atoms with Crippen molar-refractivity contribution >= 4 is 66.7 Å². The Balaban J connectivity index is 1.09. The zero-order valence-electron chi connectivity index (χ0n) is 43.1. The van der Waals surface area contributed by atoms with E-state index >= 15 is 0 Å². The van der Waals surface area contributed by atoms with Gasteiger partial charge in [0.15, 0.2) is 0 Å². The van der Waals surface area contributed by atoms with Gasteiger partial charge >= 0.3 is 0 Å². The van der Waals surface area contributed by atoms with Crippen LogP contribution < -0.4 is 9.80 Å². The number of para-hydroxylation sites is 1. The first-order valence-corrected chi connectivity index (χ1v) is 25.4. The molecule has 0 fully saturated rings. The van der Waals surface area contributed by atoms with Crippen LogP contribution in [0.2, 0.25) is 0 Å². The van der Waals surface area contributed by atoms with Crippen LogP contribution in [0.4, 0.5) is 28.4 Å². The van der Waals surface area contributed by atoms with Crippen LogP contribution in [0.25, 0.3) is 83.2 Å². The fourth-order valence-electron chi connectivity index (χ4n) is 10.4. The first-order valence-electron chi connectivity index (χ1n) is 25.4. The van der Waals surface area contributed by atoms with E-state index < -0.39 is 0 Å². The average Bonchev–Trinajstić information content (AvgIpc) is 4.03. The van der Waals surface area contributed by atoms with Crippen molar-refractivity contribution < 1.29 is 8.83 Å². The van der Waals surface area contributed by atoms with Gasteiger partial charge in [0, 0.05) is 73.2 Å². The van der Waals surface area contributed by atoms with E-state index in [2.05, 4.69) is 277 Å². The fourth-order valence-corrected chi connectivity index (χ4v) is 10.4. The highest BCUT2D eigenvalue weighted by Crippen LogP contribution is 2.51. The van der Waals surface area contributed by atoms with Gasteiger partial charge in [0.05, 0.1) is 0 Å². The predicted molar refractivity (Wildman–Crippen MR) is 315 cm³/mol. The molecule has 9 aromatic carbocycles. The van der Waals surface area contributed by atoms with Crippen LogP contribution in [0.5, 0.6) is 0 Å². The molecule has 0 amide bonds. The van der Waals surface area contributed by atoms with Crippen LogP contribution >= 0.6 is 0 Å². The molecule has 4 nitrogen and oxygen atoms in total. The van der Waals surface area contributed by atoms with Gasteiger partial charge in [-0.3, -0.25) is 0 Å². The largest absolute Gasteiger partial charge is 0.455 e. The molecule has 0 aliphatic rings. The molecule has 0 radical (unpaired) electrons. The van der Waals surface area contributed by atoms with E-state index in [-0.39, 0.29) is 10.8 Å². The maximum absolute atomic E-state index is 7.25. The molecule has 362 valence electrons. The summed E-state index contributed by atoms with van der Waals surface area (Å²) in [7, 11) is 0. The maximum atomic E-state index is 7.25. The van der Waals surface area contributed by atoms with Gasteiger partial charge in [-0.25, -0.2) is 0 Å². The number of anilines is 5. The van der Waals surface area contributed by atoms with Crippen LogP contribution in [0.3, 0.4) is 0 Å². The van der Waals surface area contributed by atoms with Gasteiger partial charge in [-0.1, -0.05) is 170 Å². The Morgan fingerprint density at radius 1 is 0.446 bits per heavy atom. The van der Waals surface area contributed by atoms with Gasteiger partial charge in [-0.05, 0) is 153 Å². The van der Waals surface area contributed by atoms with Crippen molar-refractivity contribution in [2.45, 2.75) is 52.4 Å². The molecule has 2 heterocycles. The summed E-state index contributed by atoms with van der Waals surface area (Å²) in [6, 6.07) is 73.1. The SMILES string of the molecule is C=CC(=C)c1c(-c2ccc(N(c3ccccc3)c3ccc(C(C)(C)C)cc3)cc2)oc2c(-c3ccccc3)cc3c(ccc4oc(-c5ccc(N(C=C)c6ccc(C(C)(C)C)cc6)cc5)c(-c5ccccc5)c43)c12. The number of allylic oxidation sites excluding steroid dienone is 2. The zero-order chi connectivity index (χ0) is 51.3. The Morgan fingerprint density at radius 3 is 1.45 bits per heavy atom. The summed E-state index contributed by atoms with van der Waals surface area (Å²) >= 11 is 0. The average molecular weight is 961 g/mol. The Hall–Kier alpha value is -8.86. The third-order valence-corrected chi connectivity index (χ3v) is 14.3. The second-order valence-corrected chi connectivity index (χ2v) is 21.1. The van der Waals surface area contributed by atoms with Crippen molar-refractivity contribution in [3.63, 3.8) is 0 Å². The summed E-state index contributed by atoms with van der Waals surface area (Å²) in [4.78, 5) is 4.41. The molecule has 74 heavy (non-hydrogen) atoms. The standard InChI is InChI=1S/C70H60N2O2/c1-10-46(3)62-65-58-43-44-61-64(63(48-23-17-13-18-24-48)67(73-61)50-27-35-53(36-28-50)71(11-2)54-39-31-51(32-40-54)69(4,5)6)60(58)45-59(47-21-15-12-16-22-47)68(65)74-66(62)49-29-37-56(38-30-49)72(55-25-19-14-20-26-55)57-41-33-52(34-42-57)70(7,8)9/h10-45H,1-3H2,4-9H3. The third kappa shape index (κ3) is 8.62. The first-order chi connectivity index (χ1) is 35.8. The lowest BCUT2D eigenvalue weighted by Gasteiger charge is -2.27. The molecule has 0 spiro atoms. The number of benzene rings is 9. The summed E-state index contributed by atoms with van der Waals surface area (Å²) in [5.74, 6) is 1.53. The number of hydrogen-bond donors (Lipinski definition) is 0. The minimum Gasteiger partial charge on any atom is -0.455 e. The van der Waals surface area contributed by atoms with Crippen LogP contribution in [0.1, 0.15) is 58.2 Å². The highest BCUT2D eigenvalue weighted by Gasteiger charge is 2.27. The zero-order valence-corrected chi connectivity index (χ0v) is 43.1. The Morgan fingerprint density at radius 2 is 0.919 bits per heavy atom. The molecule has 0 aliphatic carbocycles. The number of furan rings is 2. The normalized spacial score (nSPS) is 11.8. The summed E-state index contributed by atoms with van der Waals surface area (Å²) in [5.41, 5.74) is 17.2. The number of fused-ring (bicyclic) bond motifs is 5. The predicted octanol–water partition coefficient (Wildman–Crippen LogP) is 20.5.